The standard InChI is InChI=1S/C17H25N3O4/c1-4-24-17(23)14-11(2)15(19-12(14)3)16(22)18-8-7-13(21)20-9-5-6-10-20/h19H,4-10H2,1-3H3,(H,18,22). The fourth-order valence-corrected chi connectivity index (χ4v) is 2.98. The minimum absolute atomic E-state index is 0.0689. The van der Waals surface area contributed by atoms with E-state index in [1.807, 2.05) is 4.90 Å². The molecule has 0 aromatic carbocycles. The number of H-pyrrole nitrogens is 1. The third-order valence-electron chi connectivity index (χ3n) is 4.23. The summed E-state index contributed by atoms with van der Waals surface area (Å²) >= 11 is 0. The number of nitrogens with zero attached hydrogens (tertiary/aromatic N) is 1. The molecule has 2 heterocycles. The molecule has 7 nitrogen and oxygen atoms in total. The highest BCUT2D eigenvalue weighted by molar-refractivity contribution is 6.00. The number of aromatic amines is 1. The van der Waals surface area contributed by atoms with E-state index in [0.717, 1.165) is 25.9 Å². The average molecular weight is 335 g/mol. The van der Waals surface area contributed by atoms with E-state index in [0.29, 0.717) is 22.5 Å². The lowest BCUT2D eigenvalue weighted by Gasteiger charge is -2.15. The maximum absolute atomic E-state index is 12.3. The molecule has 1 aromatic heterocycles. The van der Waals surface area contributed by atoms with E-state index in [1.165, 1.54) is 0 Å². The van der Waals surface area contributed by atoms with Gasteiger partial charge in [-0.2, -0.15) is 0 Å². The fraction of sp³-hybridized carbons (Fsp3) is 0.588. The van der Waals surface area contributed by atoms with Gasteiger partial charge in [0, 0.05) is 31.7 Å². The number of rotatable bonds is 6. The van der Waals surface area contributed by atoms with E-state index >= 15 is 0 Å². The maximum Gasteiger partial charge on any atom is 0.340 e. The molecule has 1 fully saturated rings. The molecular formula is C17H25N3O4. The Hall–Kier alpha value is -2.31. The van der Waals surface area contributed by atoms with Crippen LogP contribution in [0, 0.1) is 13.8 Å². The SMILES string of the molecule is CCOC(=O)c1c(C)[nH]c(C(=O)NCCC(=O)N2CCCC2)c1C. The molecule has 0 saturated carbocycles. The lowest BCUT2D eigenvalue weighted by Crippen LogP contribution is -2.33. The predicted octanol–water partition coefficient (Wildman–Crippen LogP) is 1.55. The lowest BCUT2D eigenvalue weighted by atomic mass is 10.1. The van der Waals surface area contributed by atoms with Gasteiger partial charge >= 0.3 is 5.97 Å². The monoisotopic (exact) mass is 335 g/mol. The minimum atomic E-state index is -0.438. The number of ether oxygens (including phenoxy) is 1. The molecule has 1 aliphatic rings. The first-order valence-corrected chi connectivity index (χ1v) is 8.38. The van der Waals surface area contributed by atoms with Crippen molar-refractivity contribution in [1.29, 1.82) is 0 Å². The van der Waals surface area contributed by atoms with Crippen LogP contribution in [-0.4, -0.2) is 53.9 Å². The van der Waals surface area contributed by atoms with Crippen LogP contribution < -0.4 is 5.32 Å². The Bertz CT molecular complexity index is 630. The lowest BCUT2D eigenvalue weighted by molar-refractivity contribution is -0.129. The van der Waals surface area contributed by atoms with Crippen molar-refractivity contribution in [2.24, 2.45) is 0 Å². The van der Waals surface area contributed by atoms with Crippen LogP contribution in [0.2, 0.25) is 0 Å². The Labute approximate surface area is 141 Å². The molecular weight excluding hydrogens is 310 g/mol. The number of hydrogen-bond acceptors (Lipinski definition) is 4. The zero-order chi connectivity index (χ0) is 17.7. The summed E-state index contributed by atoms with van der Waals surface area (Å²) in [5, 5.41) is 2.74. The van der Waals surface area contributed by atoms with E-state index in [-0.39, 0.29) is 31.4 Å². The first kappa shape index (κ1) is 18.0. The van der Waals surface area contributed by atoms with Crippen LogP contribution in [0.1, 0.15) is 58.3 Å². The van der Waals surface area contributed by atoms with Gasteiger partial charge in [0.25, 0.3) is 5.91 Å². The van der Waals surface area contributed by atoms with E-state index < -0.39 is 5.97 Å². The molecule has 0 atom stereocenters. The normalized spacial score (nSPS) is 13.9. The number of aryl methyl sites for hydroxylation is 1. The zero-order valence-corrected chi connectivity index (χ0v) is 14.5. The summed E-state index contributed by atoms with van der Waals surface area (Å²) in [6.07, 6.45) is 2.39. The number of likely N-dealkylation sites (tertiary alicyclic amines) is 1. The van der Waals surface area contributed by atoms with Crippen LogP contribution in [-0.2, 0) is 9.53 Å². The molecule has 0 bridgehead atoms. The van der Waals surface area contributed by atoms with Gasteiger partial charge in [0.1, 0.15) is 5.69 Å². The van der Waals surface area contributed by atoms with Gasteiger partial charge in [-0.25, -0.2) is 4.79 Å². The summed E-state index contributed by atoms with van der Waals surface area (Å²) in [7, 11) is 0. The largest absolute Gasteiger partial charge is 0.462 e. The summed E-state index contributed by atoms with van der Waals surface area (Å²) in [6, 6.07) is 0. The third kappa shape index (κ3) is 3.96. The van der Waals surface area contributed by atoms with Gasteiger partial charge < -0.3 is 19.9 Å². The average Bonchev–Trinajstić information content (AvgIpc) is 3.15. The van der Waals surface area contributed by atoms with Gasteiger partial charge in [-0.15, -0.1) is 0 Å². The number of aromatic nitrogens is 1. The third-order valence-corrected chi connectivity index (χ3v) is 4.23. The van der Waals surface area contributed by atoms with Gasteiger partial charge in [0.15, 0.2) is 0 Å². The van der Waals surface area contributed by atoms with E-state index in [9.17, 15) is 14.4 Å². The second kappa shape index (κ2) is 7.99. The molecule has 7 heteroatoms. The van der Waals surface area contributed by atoms with Crippen molar-refractivity contribution in [2.75, 3.05) is 26.2 Å². The molecule has 0 unspecified atom stereocenters. The summed E-state index contributed by atoms with van der Waals surface area (Å²) in [6.45, 7) is 7.35. The second-order valence-electron chi connectivity index (χ2n) is 5.94. The summed E-state index contributed by atoms with van der Waals surface area (Å²) in [5.41, 5.74) is 1.90. The number of amides is 2. The summed E-state index contributed by atoms with van der Waals surface area (Å²) in [5.74, 6) is -0.688. The Morgan fingerprint density at radius 2 is 1.88 bits per heavy atom. The molecule has 0 aliphatic carbocycles. The van der Waals surface area contributed by atoms with Gasteiger partial charge in [-0.05, 0) is 39.2 Å². The quantitative estimate of drug-likeness (QED) is 0.772. The van der Waals surface area contributed by atoms with E-state index in [1.54, 1.807) is 20.8 Å². The van der Waals surface area contributed by atoms with Gasteiger partial charge in [0.05, 0.1) is 12.2 Å². The second-order valence-corrected chi connectivity index (χ2v) is 5.94. The van der Waals surface area contributed by atoms with E-state index in [2.05, 4.69) is 10.3 Å². The molecule has 24 heavy (non-hydrogen) atoms. The Morgan fingerprint density at radius 1 is 1.21 bits per heavy atom. The number of nitrogens with one attached hydrogen (secondary N) is 2. The van der Waals surface area contributed by atoms with Crippen LogP contribution in [0.15, 0.2) is 0 Å². The van der Waals surface area contributed by atoms with Crippen molar-refractivity contribution < 1.29 is 19.1 Å². The van der Waals surface area contributed by atoms with Crippen molar-refractivity contribution in [1.82, 2.24) is 15.2 Å². The van der Waals surface area contributed by atoms with Crippen LogP contribution in [0.3, 0.4) is 0 Å². The Kier molecular flexibility index (Phi) is 6.00. The van der Waals surface area contributed by atoms with Gasteiger partial charge in [-0.3, -0.25) is 9.59 Å². The van der Waals surface area contributed by atoms with Crippen molar-refractivity contribution in [3.63, 3.8) is 0 Å². The molecule has 1 aromatic rings. The smallest absolute Gasteiger partial charge is 0.340 e. The van der Waals surface area contributed by atoms with Gasteiger partial charge in [-0.1, -0.05) is 0 Å². The van der Waals surface area contributed by atoms with Crippen molar-refractivity contribution in [3.05, 3.63) is 22.5 Å². The summed E-state index contributed by atoms with van der Waals surface area (Å²) < 4.78 is 5.01. The highest BCUT2D eigenvalue weighted by Crippen LogP contribution is 2.19. The Balaban J connectivity index is 1.93. The number of carbonyl (C=O) groups is 3. The molecule has 1 aliphatic heterocycles. The number of carbonyl (C=O) groups excluding carboxylic acids is 3. The number of hydrogen-bond donors (Lipinski definition) is 2. The highest BCUT2D eigenvalue weighted by atomic mass is 16.5. The molecule has 132 valence electrons. The van der Waals surface area contributed by atoms with Gasteiger partial charge in [0.2, 0.25) is 5.91 Å². The molecule has 2 N–H and O–H groups in total. The molecule has 2 amide bonds. The first-order chi connectivity index (χ1) is 11.5. The fourth-order valence-electron chi connectivity index (χ4n) is 2.98. The van der Waals surface area contributed by atoms with Crippen LogP contribution in [0.25, 0.3) is 0 Å². The molecule has 0 spiro atoms. The van der Waals surface area contributed by atoms with Crippen molar-refractivity contribution in [3.8, 4) is 0 Å². The van der Waals surface area contributed by atoms with Crippen molar-refractivity contribution >= 4 is 17.8 Å². The molecule has 1 saturated heterocycles. The minimum Gasteiger partial charge on any atom is -0.462 e. The predicted molar refractivity (Wildman–Crippen MR) is 89.0 cm³/mol. The highest BCUT2D eigenvalue weighted by Gasteiger charge is 2.23. The maximum atomic E-state index is 12.3. The van der Waals surface area contributed by atoms with Crippen molar-refractivity contribution in [2.45, 2.75) is 40.0 Å². The first-order valence-electron chi connectivity index (χ1n) is 8.38. The number of esters is 1. The zero-order valence-electron chi connectivity index (χ0n) is 14.5. The van der Waals surface area contributed by atoms with Crippen LogP contribution in [0.4, 0.5) is 0 Å². The topological polar surface area (TPSA) is 91.5 Å². The van der Waals surface area contributed by atoms with E-state index in [4.69, 9.17) is 4.74 Å². The molecule has 2 rings (SSSR count). The molecule has 0 radical (unpaired) electrons. The van der Waals surface area contributed by atoms with Crippen LogP contribution >= 0.6 is 0 Å². The Morgan fingerprint density at radius 3 is 2.50 bits per heavy atom. The summed E-state index contributed by atoms with van der Waals surface area (Å²) in [4.78, 5) is 41.0. The van der Waals surface area contributed by atoms with Crippen LogP contribution in [0.5, 0.6) is 0 Å².